The Balaban J connectivity index is 2.61. The maximum Gasteiger partial charge on any atom is 0.141 e. The number of hydrogen-bond donors (Lipinski definition) is 1. The van der Waals surface area contributed by atoms with Crippen LogP contribution in [0.1, 0.15) is 17.2 Å². The number of rotatable bonds is 4. The lowest BCUT2D eigenvalue weighted by molar-refractivity contribution is 0.401. The van der Waals surface area contributed by atoms with Crippen molar-refractivity contribution in [3.63, 3.8) is 0 Å². The van der Waals surface area contributed by atoms with Gasteiger partial charge >= 0.3 is 0 Å². The molecule has 21 heavy (non-hydrogen) atoms. The Labute approximate surface area is 148 Å². The third kappa shape index (κ3) is 3.67. The Morgan fingerprint density at radius 1 is 1.05 bits per heavy atom. The molecule has 2 aromatic rings. The molecule has 0 saturated carbocycles. The molecule has 0 aliphatic rings. The Bertz CT molecular complexity index is 664. The summed E-state index contributed by atoms with van der Waals surface area (Å²) in [5, 5.41) is 3.25. The smallest absolute Gasteiger partial charge is 0.141 e. The highest BCUT2D eigenvalue weighted by atomic mass is 79.9. The maximum atomic E-state index is 13.7. The monoisotopic (exact) mass is 479 g/mol. The van der Waals surface area contributed by atoms with Crippen molar-refractivity contribution in [1.82, 2.24) is 5.32 Å². The van der Waals surface area contributed by atoms with Crippen LogP contribution in [0.15, 0.2) is 43.7 Å². The van der Waals surface area contributed by atoms with E-state index in [1.165, 1.54) is 13.2 Å². The van der Waals surface area contributed by atoms with E-state index < -0.39 is 0 Å². The first kappa shape index (κ1) is 16.9. The maximum absolute atomic E-state index is 13.7. The zero-order chi connectivity index (χ0) is 15.6. The van der Waals surface area contributed by atoms with E-state index in [4.69, 9.17) is 4.74 Å². The fourth-order valence-electron chi connectivity index (χ4n) is 2.16. The lowest BCUT2D eigenvalue weighted by Crippen LogP contribution is -2.19. The topological polar surface area (TPSA) is 21.3 Å². The quantitative estimate of drug-likeness (QED) is 0.628. The minimum absolute atomic E-state index is 0.135. The summed E-state index contributed by atoms with van der Waals surface area (Å²) in [5.74, 6) is 0.153. The van der Waals surface area contributed by atoms with Gasteiger partial charge in [-0.3, -0.25) is 0 Å². The van der Waals surface area contributed by atoms with Crippen molar-refractivity contribution >= 4 is 47.8 Å². The fourth-order valence-corrected chi connectivity index (χ4v) is 3.38. The molecule has 1 N–H and O–H groups in total. The van der Waals surface area contributed by atoms with E-state index in [1.54, 1.807) is 6.07 Å². The van der Waals surface area contributed by atoms with E-state index in [1.807, 2.05) is 25.2 Å². The van der Waals surface area contributed by atoms with E-state index >= 15 is 0 Å². The van der Waals surface area contributed by atoms with Crippen LogP contribution in [0.5, 0.6) is 5.75 Å². The number of ether oxygens (including phenoxy) is 1. The third-order valence-electron chi connectivity index (χ3n) is 3.14. The van der Waals surface area contributed by atoms with Crippen LogP contribution in [-0.2, 0) is 0 Å². The van der Waals surface area contributed by atoms with Crippen LogP contribution in [0, 0.1) is 5.82 Å². The number of hydrogen-bond acceptors (Lipinski definition) is 2. The first-order valence-corrected chi connectivity index (χ1v) is 8.51. The van der Waals surface area contributed by atoms with Gasteiger partial charge in [0, 0.05) is 20.6 Å². The summed E-state index contributed by atoms with van der Waals surface area (Å²) < 4.78 is 21.4. The van der Waals surface area contributed by atoms with Gasteiger partial charge in [0.25, 0.3) is 0 Å². The minimum atomic E-state index is -0.348. The van der Waals surface area contributed by atoms with Gasteiger partial charge in [-0.2, -0.15) is 0 Å². The van der Waals surface area contributed by atoms with E-state index in [-0.39, 0.29) is 11.9 Å². The van der Waals surface area contributed by atoms with Gasteiger partial charge in [0.05, 0.1) is 17.6 Å². The highest BCUT2D eigenvalue weighted by molar-refractivity contribution is 9.11. The van der Waals surface area contributed by atoms with Gasteiger partial charge in [0.2, 0.25) is 0 Å². The molecule has 2 aromatic carbocycles. The molecule has 0 saturated heterocycles. The predicted octanol–water partition coefficient (Wildman–Crippen LogP) is 5.43. The average molecular weight is 482 g/mol. The Kier molecular flexibility index (Phi) is 5.82. The Morgan fingerprint density at radius 3 is 2.38 bits per heavy atom. The number of benzene rings is 2. The zero-order valence-electron chi connectivity index (χ0n) is 11.4. The number of nitrogens with one attached hydrogen (secondary N) is 1. The lowest BCUT2D eigenvalue weighted by Gasteiger charge is -2.22. The highest BCUT2D eigenvalue weighted by Crippen LogP contribution is 2.37. The molecule has 0 bridgehead atoms. The molecule has 0 heterocycles. The van der Waals surface area contributed by atoms with Gasteiger partial charge in [-0.25, -0.2) is 4.39 Å². The normalized spacial score (nSPS) is 12.3. The second kappa shape index (κ2) is 7.22. The predicted molar refractivity (Wildman–Crippen MR) is 93.4 cm³/mol. The molecule has 0 aromatic heterocycles. The number of methoxy groups -OCH3 is 1. The summed E-state index contributed by atoms with van der Waals surface area (Å²) in [6.45, 7) is 0. The van der Waals surface area contributed by atoms with Gasteiger partial charge in [-0.15, -0.1) is 0 Å². The van der Waals surface area contributed by atoms with E-state index in [0.29, 0.717) is 10.2 Å². The van der Waals surface area contributed by atoms with E-state index in [2.05, 4.69) is 53.1 Å². The van der Waals surface area contributed by atoms with Gasteiger partial charge in [0.1, 0.15) is 11.6 Å². The average Bonchev–Trinajstić information content (AvgIpc) is 2.46. The summed E-state index contributed by atoms with van der Waals surface area (Å²) in [5.41, 5.74) is 1.88. The van der Waals surface area contributed by atoms with Crippen molar-refractivity contribution in [3.8, 4) is 5.75 Å². The van der Waals surface area contributed by atoms with Crippen molar-refractivity contribution in [1.29, 1.82) is 0 Å². The summed E-state index contributed by atoms with van der Waals surface area (Å²) >= 11 is 10.3. The largest absolute Gasteiger partial charge is 0.496 e. The molecule has 0 aliphatic carbocycles. The van der Waals surface area contributed by atoms with Crippen LogP contribution < -0.4 is 10.1 Å². The molecule has 0 spiro atoms. The molecular formula is C15H13Br3FNO. The van der Waals surface area contributed by atoms with E-state index in [9.17, 15) is 4.39 Å². The van der Waals surface area contributed by atoms with Crippen molar-refractivity contribution in [2.24, 2.45) is 0 Å². The second-order valence-electron chi connectivity index (χ2n) is 4.40. The Morgan fingerprint density at radius 2 is 1.76 bits per heavy atom. The number of halogens is 4. The second-order valence-corrected chi connectivity index (χ2v) is 7.02. The molecular weight excluding hydrogens is 469 g/mol. The molecule has 112 valence electrons. The Hall–Kier alpha value is -0.430. The minimum Gasteiger partial charge on any atom is -0.496 e. The van der Waals surface area contributed by atoms with Crippen molar-refractivity contribution < 1.29 is 9.13 Å². The molecule has 6 heteroatoms. The summed E-state index contributed by atoms with van der Waals surface area (Å²) in [6, 6.07) is 8.93. The molecule has 0 amide bonds. The lowest BCUT2D eigenvalue weighted by atomic mass is 9.98. The van der Waals surface area contributed by atoms with Crippen LogP contribution in [0.3, 0.4) is 0 Å². The van der Waals surface area contributed by atoms with Crippen LogP contribution in [-0.4, -0.2) is 14.2 Å². The summed E-state index contributed by atoms with van der Waals surface area (Å²) in [7, 11) is 3.39. The van der Waals surface area contributed by atoms with Gasteiger partial charge in [-0.1, -0.05) is 31.9 Å². The van der Waals surface area contributed by atoms with Gasteiger partial charge in [-0.05, 0) is 52.8 Å². The molecule has 0 aliphatic heterocycles. The zero-order valence-corrected chi connectivity index (χ0v) is 16.1. The van der Waals surface area contributed by atoms with Crippen molar-refractivity contribution in [3.05, 3.63) is 60.7 Å². The molecule has 2 nitrogen and oxygen atoms in total. The molecule has 1 atom stereocenters. The molecule has 2 rings (SSSR count). The first-order valence-electron chi connectivity index (χ1n) is 6.13. The molecule has 0 radical (unpaired) electrons. The first-order chi connectivity index (χ1) is 9.97. The SMILES string of the molecule is CNC(c1cc(Br)ccc1Br)c1cc(Br)c(F)cc1OC. The van der Waals surface area contributed by atoms with Crippen LogP contribution >= 0.6 is 47.8 Å². The van der Waals surface area contributed by atoms with Gasteiger partial charge in [0.15, 0.2) is 0 Å². The van der Waals surface area contributed by atoms with Crippen LogP contribution in [0.4, 0.5) is 4.39 Å². The summed E-state index contributed by atoms with van der Waals surface area (Å²) in [6.07, 6.45) is 0. The van der Waals surface area contributed by atoms with Crippen LogP contribution in [0.25, 0.3) is 0 Å². The third-order valence-corrected chi connectivity index (χ3v) is 4.96. The molecule has 0 fully saturated rings. The van der Waals surface area contributed by atoms with Crippen LogP contribution in [0.2, 0.25) is 0 Å². The van der Waals surface area contributed by atoms with Gasteiger partial charge < -0.3 is 10.1 Å². The van der Waals surface area contributed by atoms with Crippen molar-refractivity contribution in [2.75, 3.05) is 14.2 Å². The standard InChI is InChI=1S/C15H13Br3FNO/c1-20-15(9-5-8(16)3-4-11(9)17)10-6-12(18)13(19)7-14(10)21-2/h3-7,15,20H,1-2H3. The highest BCUT2D eigenvalue weighted by Gasteiger charge is 2.21. The van der Waals surface area contributed by atoms with Crippen molar-refractivity contribution in [2.45, 2.75) is 6.04 Å². The summed E-state index contributed by atoms with van der Waals surface area (Å²) in [4.78, 5) is 0. The molecule has 1 unspecified atom stereocenters. The fraction of sp³-hybridized carbons (Fsp3) is 0.200. The van der Waals surface area contributed by atoms with E-state index in [0.717, 1.165) is 20.1 Å².